The Kier molecular flexibility index (Phi) is 4.63. The zero-order valence-corrected chi connectivity index (χ0v) is 14.1. The minimum Gasteiger partial charge on any atom is -0.310 e. The van der Waals surface area contributed by atoms with E-state index in [2.05, 4.69) is 9.97 Å². The quantitative estimate of drug-likeness (QED) is 0.678. The van der Waals surface area contributed by atoms with Crippen molar-refractivity contribution in [2.75, 3.05) is 6.54 Å². The van der Waals surface area contributed by atoms with E-state index < -0.39 is 10.7 Å². The number of hydrogen-bond donors (Lipinski definition) is 1. The fourth-order valence-corrected chi connectivity index (χ4v) is 2.95. The van der Waals surface area contributed by atoms with E-state index in [-0.39, 0.29) is 29.3 Å². The van der Waals surface area contributed by atoms with Crippen molar-refractivity contribution in [3.63, 3.8) is 0 Å². The molecule has 132 valence electrons. The summed E-state index contributed by atoms with van der Waals surface area (Å²) in [5.41, 5.74) is 1.30. The average molecular weight is 346 g/mol. The van der Waals surface area contributed by atoms with Gasteiger partial charge in [0.1, 0.15) is 11.6 Å². The summed E-state index contributed by atoms with van der Waals surface area (Å²) < 4.78 is 14.0. The van der Waals surface area contributed by atoms with Gasteiger partial charge in [0, 0.05) is 49.7 Å². The smallest absolute Gasteiger partial charge is 0.269 e. The number of hydrogen-bond acceptors (Lipinski definition) is 5. The predicted octanol–water partition coefficient (Wildman–Crippen LogP) is 2.50. The average Bonchev–Trinajstić information content (AvgIpc) is 2.56. The molecule has 2 aromatic rings. The Balaban J connectivity index is 1.83. The lowest BCUT2D eigenvalue weighted by molar-refractivity contribution is -0.385. The number of nitrogens with one attached hydrogen (secondary N) is 1. The number of fused-ring (bicyclic) bond motifs is 1. The van der Waals surface area contributed by atoms with Crippen LogP contribution in [0.25, 0.3) is 0 Å². The van der Waals surface area contributed by atoms with Gasteiger partial charge in [-0.1, -0.05) is 13.8 Å². The van der Waals surface area contributed by atoms with E-state index in [1.165, 1.54) is 6.07 Å². The minimum absolute atomic E-state index is 0.134. The molecular formula is C17H19FN4O3. The van der Waals surface area contributed by atoms with Crippen LogP contribution in [0, 0.1) is 15.9 Å². The van der Waals surface area contributed by atoms with Gasteiger partial charge in [-0.25, -0.2) is 9.37 Å². The summed E-state index contributed by atoms with van der Waals surface area (Å²) in [4.78, 5) is 31.9. The molecule has 0 aliphatic carbocycles. The molecule has 0 amide bonds. The van der Waals surface area contributed by atoms with Crippen LogP contribution < -0.4 is 5.56 Å². The van der Waals surface area contributed by atoms with E-state index in [1.54, 1.807) is 0 Å². The predicted molar refractivity (Wildman–Crippen MR) is 89.8 cm³/mol. The van der Waals surface area contributed by atoms with E-state index >= 15 is 0 Å². The molecule has 1 aliphatic heterocycles. The highest BCUT2D eigenvalue weighted by Gasteiger charge is 2.23. The number of aromatic nitrogens is 2. The van der Waals surface area contributed by atoms with Gasteiger partial charge < -0.3 is 4.98 Å². The maximum atomic E-state index is 14.0. The van der Waals surface area contributed by atoms with Crippen LogP contribution in [-0.2, 0) is 19.5 Å². The number of nitro groups is 1. The third kappa shape index (κ3) is 3.58. The fourth-order valence-electron chi connectivity index (χ4n) is 2.95. The molecule has 25 heavy (non-hydrogen) atoms. The Labute approximate surface area is 143 Å². The number of non-ortho nitro benzene ring substituents is 1. The number of benzene rings is 1. The molecule has 0 saturated heterocycles. The molecule has 1 N–H and O–H groups in total. The van der Waals surface area contributed by atoms with Gasteiger partial charge >= 0.3 is 0 Å². The minimum atomic E-state index is -0.545. The first-order valence-corrected chi connectivity index (χ1v) is 8.12. The first kappa shape index (κ1) is 17.2. The molecule has 0 spiro atoms. The van der Waals surface area contributed by atoms with Gasteiger partial charge in [-0.3, -0.25) is 19.8 Å². The van der Waals surface area contributed by atoms with Crippen LogP contribution in [0.3, 0.4) is 0 Å². The highest BCUT2D eigenvalue weighted by molar-refractivity contribution is 5.35. The number of nitrogens with zero attached hydrogens (tertiary/aromatic N) is 3. The van der Waals surface area contributed by atoms with Crippen molar-refractivity contribution < 1.29 is 9.31 Å². The van der Waals surface area contributed by atoms with Gasteiger partial charge in [-0.15, -0.1) is 0 Å². The summed E-state index contributed by atoms with van der Waals surface area (Å²) >= 11 is 0. The third-order valence-corrected chi connectivity index (χ3v) is 4.35. The van der Waals surface area contributed by atoms with E-state index in [1.807, 2.05) is 18.7 Å². The lowest BCUT2D eigenvalue weighted by atomic mass is 10.0. The molecule has 1 aromatic carbocycles. The van der Waals surface area contributed by atoms with Crippen LogP contribution >= 0.6 is 0 Å². The van der Waals surface area contributed by atoms with Gasteiger partial charge in [0.2, 0.25) is 0 Å². The molecular weight excluding hydrogens is 327 g/mol. The molecule has 8 heteroatoms. The summed E-state index contributed by atoms with van der Waals surface area (Å²) in [6, 6.07) is 3.50. The maximum absolute atomic E-state index is 14.0. The van der Waals surface area contributed by atoms with Crippen molar-refractivity contribution in [1.29, 1.82) is 0 Å². The largest absolute Gasteiger partial charge is 0.310 e. The second kappa shape index (κ2) is 6.72. The molecule has 0 saturated carbocycles. The molecule has 0 radical (unpaired) electrons. The van der Waals surface area contributed by atoms with Gasteiger partial charge in [-0.2, -0.15) is 0 Å². The van der Waals surface area contributed by atoms with Crippen molar-refractivity contribution in [3.05, 3.63) is 67.1 Å². The van der Waals surface area contributed by atoms with Crippen molar-refractivity contribution >= 4 is 5.69 Å². The second-order valence-electron chi connectivity index (χ2n) is 6.52. The lowest BCUT2D eigenvalue weighted by Gasteiger charge is -2.28. The maximum Gasteiger partial charge on any atom is 0.269 e. The zero-order chi connectivity index (χ0) is 18.1. The monoisotopic (exact) mass is 346 g/mol. The van der Waals surface area contributed by atoms with E-state index in [0.29, 0.717) is 30.9 Å². The van der Waals surface area contributed by atoms with Gasteiger partial charge in [-0.05, 0) is 6.07 Å². The summed E-state index contributed by atoms with van der Waals surface area (Å²) in [5.74, 6) is 0.315. The van der Waals surface area contributed by atoms with Crippen molar-refractivity contribution in [2.24, 2.45) is 0 Å². The van der Waals surface area contributed by atoms with Crippen LogP contribution in [0.5, 0.6) is 0 Å². The van der Waals surface area contributed by atoms with Gasteiger partial charge in [0.05, 0.1) is 16.2 Å². The molecule has 0 bridgehead atoms. The Bertz CT molecular complexity index is 879. The Morgan fingerprint density at radius 2 is 2.20 bits per heavy atom. The van der Waals surface area contributed by atoms with Crippen LogP contribution in [-0.4, -0.2) is 26.3 Å². The van der Waals surface area contributed by atoms with Crippen LogP contribution in [0.15, 0.2) is 23.0 Å². The van der Waals surface area contributed by atoms with Crippen molar-refractivity contribution in [1.82, 2.24) is 14.9 Å². The second-order valence-corrected chi connectivity index (χ2v) is 6.52. The van der Waals surface area contributed by atoms with E-state index in [4.69, 9.17) is 0 Å². The number of H-pyrrole nitrogens is 1. The van der Waals surface area contributed by atoms with E-state index in [0.717, 1.165) is 17.8 Å². The van der Waals surface area contributed by atoms with Gasteiger partial charge in [0.25, 0.3) is 11.2 Å². The zero-order valence-electron chi connectivity index (χ0n) is 14.1. The summed E-state index contributed by atoms with van der Waals surface area (Å²) in [5, 5.41) is 10.9. The Morgan fingerprint density at radius 3 is 2.88 bits per heavy atom. The fraction of sp³-hybridized carbons (Fsp3) is 0.412. The number of rotatable bonds is 4. The number of nitro benzene ring substituents is 1. The molecule has 1 aromatic heterocycles. The number of aromatic amines is 1. The molecule has 0 unspecified atom stereocenters. The first-order valence-electron chi connectivity index (χ1n) is 8.12. The molecule has 0 atom stereocenters. The third-order valence-electron chi connectivity index (χ3n) is 4.35. The summed E-state index contributed by atoms with van der Waals surface area (Å²) in [6.45, 7) is 5.09. The highest BCUT2D eigenvalue weighted by Crippen LogP contribution is 2.22. The Morgan fingerprint density at radius 1 is 1.44 bits per heavy atom. The Hall–Kier alpha value is -2.61. The van der Waals surface area contributed by atoms with Crippen LogP contribution in [0.4, 0.5) is 10.1 Å². The van der Waals surface area contributed by atoms with Crippen LogP contribution in [0.2, 0.25) is 0 Å². The van der Waals surface area contributed by atoms with Crippen molar-refractivity contribution in [3.8, 4) is 0 Å². The SMILES string of the molecule is CC(C)c1nc2c(c(=O)[nH]1)CN(Cc1cc([N+](=O)[O-])ccc1F)CC2. The van der Waals surface area contributed by atoms with E-state index in [9.17, 15) is 19.3 Å². The topological polar surface area (TPSA) is 92.1 Å². The van der Waals surface area contributed by atoms with Crippen molar-refractivity contribution in [2.45, 2.75) is 39.3 Å². The summed E-state index contributed by atoms with van der Waals surface area (Å²) in [6.07, 6.45) is 0.593. The normalized spacial score (nSPS) is 14.6. The van der Waals surface area contributed by atoms with Gasteiger partial charge in [0.15, 0.2) is 0 Å². The molecule has 3 rings (SSSR count). The van der Waals surface area contributed by atoms with Crippen LogP contribution in [0.1, 0.15) is 42.4 Å². The molecule has 7 nitrogen and oxygen atoms in total. The molecule has 2 heterocycles. The molecule has 1 aliphatic rings. The molecule has 0 fully saturated rings. The number of halogens is 1. The summed E-state index contributed by atoms with van der Waals surface area (Å²) in [7, 11) is 0. The standard InChI is InChI=1S/C17H19FN4O3/c1-10(2)16-19-15-5-6-21(9-13(15)17(23)20-16)8-11-7-12(22(24)25)3-4-14(11)18/h3-4,7,10H,5-6,8-9H2,1-2H3,(H,19,20,23). The lowest BCUT2D eigenvalue weighted by Crippen LogP contribution is -2.36. The first-order chi connectivity index (χ1) is 11.8. The highest BCUT2D eigenvalue weighted by atomic mass is 19.1.